The van der Waals surface area contributed by atoms with Gasteiger partial charge in [-0.3, -0.25) is 0 Å². The Morgan fingerprint density at radius 2 is 1.84 bits per heavy atom. The van der Waals surface area contributed by atoms with Gasteiger partial charge in [0.25, 0.3) is 0 Å². The number of hydrogen-bond acceptors (Lipinski definition) is 2. The lowest BCUT2D eigenvalue weighted by atomic mass is 10.1. The monoisotopic (exact) mass is 303 g/mol. The van der Waals surface area contributed by atoms with Gasteiger partial charge in [0, 0.05) is 5.38 Å². The fourth-order valence-electron chi connectivity index (χ4n) is 1.41. The summed E-state index contributed by atoms with van der Waals surface area (Å²) < 4.78 is 37.1. The molecule has 19 heavy (non-hydrogen) atoms. The van der Waals surface area contributed by atoms with E-state index in [1.165, 1.54) is 23.5 Å². The number of benzene rings is 1. The fraction of sp³-hybridized carbons (Fsp3) is 0.154. The molecule has 0 aliphatic rings. The topological polar surface area (TPSA) is 12.9 Å². The van der Waals surface area contributed by atoms with Gasteiger partial charge in [-0.25, -0.2) is 4.98 Å². The quantitative estimate of drug-likeness (QED) is 0.721. The molecule has 1 aromatic heterocycles. The molecule has 2 rings (SSSR count). The van der Waals surface area contributed by atoms with Gasteiger partial charge in [-0.05, 0) is 23.8 Å². The van der Waals surface area contributed by atoms with E-state index in [4.69, 9.17) is 11.6 Å². The van der Waals surface area contributed by atoms with Crippen LogP contribution in [0.3, 0.4) is 0 Å². The Balaban J connectivity index is 2.11. The summed E-state index contributed by atoms with van der Waals surface area (Å²) in [5, 5.41) is 2.62. The third-order valence-corrected chi connectivity index (χ3v) is 3.50. The van der Waals surface area contributed by atoms with Crippen molar-refractivity contribution >= 4 is 35.1 Å². The second-order valence-electron chi connectivity index (χ2n) is 3.76. The third-order valence-electron chi connectivity index (χ3n) is 2.36. The number of alkyl halides is 4. The van der Waals surface area contributed by atoms with Crippen molar-refractivity contribution in [3.63, 3.8) is 0 Å². The van der Waals surface area contributed by atoms with Crippen LogP contribution in [0.15, 0.2) is 29.6 Å². The minimum absolute atomic E-state index is 0.352. The molecule has 0 spiro atoms. The van der Waals surface area contributed by atoms with Gasteiger partial charge >= 0.3 is 6.18 Å². The minimum Gasteiger partial charge on any atom is -0.240 e. The molecule has 0 radical (unpaired) electrons. The van der Waals surface area contributed by atoms with E-state index >= 15 is 0 Å². The van der Waals surface area contributed by atoms with Crippen molar-refractivity contribution in [2.24, 2.45) is 0 Å². The molecule has 0 atom stereocenters. The highest BCUT2D eigenvalue weighted by molar-refractivity contribution is 7.10. The molecule has 100 valence electrons. The number of aromatic nitrogens is 1. The zero-order chi connectivity index (χ0) is 13.9. The Morgan fingerprint density at radius 1 is 1.16 bits per heavy atom. The number of rotatable bonds is 3. The molecule has 2 aromatic rings. The first-order valence-electron chi connectivity index (χ1n) is 5.35. The highest BCUT2D eigenvalue weighted by atomic mass is 35.5. The standard InChI is InChI=1S/C13H9ClF3NS/c14-7-11-8-19-12(18-11)6-3-9-1-4-10(5-2-9)13(15,16)17/h1-6,8H,7H2. The lowest BCUT2D eigenvalue weighted by molar-refractivity contribution is -0.137. The molecule has 0 aliphatic heterocycles. The molecule has 0 bridgehead atoms. The fourth-order valence-corrected chi connectivity index (χ4v) is 2.35. The van der Waals surface area contributed by atoms with Crippen LogP contribution in [0.5, 0.6) is 0 Å². The first-order chi connectivity index (χ1) is 8.99. The van der Waals surface area contributed by atoms with Crippen LogP contribution in [0.2, 0.25) is 0 Å². The molecule has 0 N–H and O–H groups in total. The maximum Gasteiger partial charge on any atom is 0.416 e. The Labute approximate surface area is 117 Å². The van der Waals surface area contributed by atoms with Crippen LogP contribution in [0.1, 0.15) is 21.8 Å². The summed E-state index contributed by atoms with van der Waals surface area (Å²) in [4.78, 5) is 4.22. The Kier molecular flexibility index (Phi) is 4.27. The molecule has 6 heteroatoms. The lowest BCUT2D eigenvalue weighted by Crippen LogP contribution is -2.03. The molecular formula is C13H9ClF3NS. The van der Waals surface area contributed by atoms with E-state index in [0.29, 0.717) is 11.4 Å². The van der Waals surface area contributed by atoms with E-state index in [2.05, 4.69) is 4.98 Å². The zero-order valence-corrected chi connectivity index (χ0v) is 11.2. The average Bonchev–Trinajstić information content (AvgIpc) is 2.84. The van der Waals surface area contributed by atoms with Crippen LogP contribution < -0.4 is 0 Å². The number of thiazole rings is 1. The van der Waals surface area contributed by atoms with Crippen molar-refractivity contribution in [1.82, 2.24) is 4.98 Å². The first-order valence-corrected chi connectivity index (χ1v) is 6.76. The normalized spacial score (nSPS) is 12.2. The summed E-state index contributed by atoms with van der Waals surface area (Å²) in [6.07, 6.45) is -0.826. The van der Waals surface area contributed by atoms with Gasteiger partial charge in [0.05, 0.1) is 17.1 Å². The summed E-state index contributed by atoms with van der Waals surface area (Å²) in [6, 6.07) is 4.97. The summed E-state index contributed by atoms with van der Waals surface area (Å²) in [5.74, 6) is 0.352. The van der Waals surface area contributed by atoms with Gasteiger partial charge in [0.15, 0.2) is 0 Å². The molecule has 0 aliphatic carbocycles. The highest BCUT2D eigenvalue weighted by Gasteiger charge is 2.29. The summed E-state index contributed by atoms with van der Waals surface area (Å²) in [5.41, 5.74) is 0.831. The molecule has 0 saturated carbocycles. The molecule has 0 fully saturated rings. The van der Waals surface area contributed by atoms with E-state index in [0.717, 1.165) is 22.8 Å². The van der Waals surface area contributed by atoms with Gasteiger partial charge < -0.3 is 0 Å². The van der Waals surface area contributed by atoms with E-state index < -0.39 is 11.7 Å². The SMILES string of the molecule is FC(F)(F)c1ccc(C=Cc2nc(CCl)cs2)cc1. The molecule has 0 amide bonds. The predicted molar refractivity (Wildman–Crippen MR) is 72.0 cm³/mol. The number of halogens is 4. The first kappa shape index (κ1) is 14.1. The van der Waals surface area contributed by atoms with Gasteiger partial charge in [-0.2, -0.15) is 13.2 Å². The van der Waals surface area contributed by atoms with Crippen LogP contribution in [0.25, 0.3) is 12.2 Å². The van der Waals surface area contributed by atoms with Gasteiger partial charge in [0.1, 0.15) is 5.01 Å². The Hall–Kier alpha value is -1.33. The largest absolute Gasteiger partial charge is 0.416 e. The van der Waals surface area contributed by atoms with Crippen molar-refractivity contribution < 1.29 is 13.2 Å². The van der Waals surface area contributed by atoms with E-state index in [-0.39, 0.29) is 0 Å². The smallest absolute Gasteiger partial charge is 0.240 e. The Morgan fingerprint density at radius 3 is 2.37 bits per heavy atom. The number of hydrogen-bond donors (Lipinski definition) is 0. The van der Waals surface area contributed by atoms with Crippen LogP contribution in [-0.2, 0) is 12.1 Å². The number of nitrogens with zero attached hydrogens (tertiary/aromatic N) is 1. The maximum absolute atomic E-state index is 12.4. The molecule has 0 unspecified atom stereocenters. The second-order valence-corrected chi connectivity index (χ2v) is 4.92. The summed E-state index contributed by atoms with van der Waals surface area (Å²) >= 11 is 7.07. The van der Waals surface area contributed by atoms with Crippen molar-refractivity contribution in [1.29, 1.82) is 0 Å². The van der Waals surface area contributed by atoms with Gasteiger partial charge in [-0.15, -0.1) is 22.9 Å². The molecule has 1 nitrogen and oxygen atoms in total. The van der Waals surface area contributed by atoms with Crippen molar-refractivity contribution in [3.8, 4) is 0 Å². The van der Waals surface area contributed by atoms with E-state index in [1.54, 1.807) is 12.2 Å². The zero-order valence-electron chi connectivity index (χ0n) is 9.62. The molecular weight excluding hydrogens is 295 g/mol. The average molecular weight is 304 g/mol. The van der Waals surface area contributed by atoms with Crippen LogP contribution in [-0.4, -0.2) is 4.98 Å². The van der Waals surface area contributed by atoms with Gasteiger partial charge in [-0.1, -0.05) is 18.2 Å². The summed E-state index contributed by atoms with van der Waals surface area (Å²) in [7, 11) is 0. The lowest BCUT2D eigenvalue weighted by Gasteiger charge is -2.05. The molecule has 1 aromatic carbocycles. The van der Waals surface area contributed by atoms with Crippen LogP contribution >= 0.6 is 22.9 Å². The third kappa shape index (κ3) is 3.81. The second kappa shape index (κ2) is 5.75. The minimum atomic E-state index is -4.30. The Bertz CT molecular complexity index is 572. The molecule has 0 saturated heterocycles. The van der Waals surface area contributed by atoms with Crippen LogP contribution in [0.4, 0.5) is 13.2 Å². The highest BCUT2D eigenvalue weighted by Crippen LogP contribution is 2.29. The summed E-state index contributed by atoms with van der Waals surface area (Å²) in [6.45, 7) is 0. The van der Waals surface area contributed by atoms with Crippen molar-refractivity contribution in [2.75, 3.05) is 0 Å². The van der Waals surface area contributed by atoms with Crippen LogP contribution in [0, 0.1) is 0 Å². The maximum atomic E-state index is 12.4. The predicted octanol–water partition coefficient (Wildman–Crippen LogP) is 5.07. The van der Waals surface area contributed by atoms with E-state index in [1.807, 2.05) is 5.38 Å². The van der Waals surface area contributed by atoms with E-state index in [9.17, 15) is 13.2 Å². The molecule has 1 heterocycles. The van der Waals surface area contributed by atoms with Gasteiger partial charge in [0.2, 0.25) is 0 Å². The van der Waals surface area contributed by atoms with Crippen molar-refractivity contribution in [3.05, 3.63) is 51.5 Å². The van der Waals surface area contributed by atoms with Crippen molar-refractivity contribution in [2.45, 2.75) is 12.1 Å².